The van der Waals surface area contributed by atoms with Crippen LogP contribution in [0.3, 0.4) is 0 Å². The van der Waals surface area contributed by atoms with Gasteiger partial charge in [-0.15, -0.1) is 0 Å². The molecule has 2 aliphatic heterocycles. The number of methoxy groups -OCH3 is 1. The summed E-state index contributed by atoms with van der Waals surface area (Å²) in [7, 11) is 1.44. The summed E-state index contributed by atoms with van der Waals surface area (Å²) in [4.78, 5) is 11.2. The summed E-state index contributed by atoms with van der Waals surface area (Å²) in [6.07, 6.45) is 15.8. The molecule has 0 aromatic heterocycles. The van der Waals surface area contributed by atoms with Gasteiger partial charge in [-0.25, -0.2) is 0 Å². The van der Waals surface area contributed by atoms with E-state index in [1.807, 2.05) is 18.2 Å². The lowest BCUT2D eigenvalue weighted by atomic mass is 10.0. The summed E-state index contributed by atoms with van der Waals surface area (Å²) in [5.74, 6) is 1.39. The van der Waals surface area contributed by atoms with Crippen LogP contribution in [0.5, 0.6) is 11.5 Å². The number of ether oxygens (including phenoxy) is 5. The van der Waals surface area contributed by atoms with Crippen LogP contribution < -0.4 is 9.47 Å². The highest BCUT2D eigenvalue weighted by Crippen LogP contribution is 2.29. The maximum absolute atomic E-state index is 11.2. The van der Waals surface area contributed by atoms with Gasteiger partial charge in [0.25, 0.3) is 0 Å². The van der Waals surface area contributed by atoms with Gasteiger partial charge in [0.1, 0.15) is 11.5 Å². The molecule has 0 bridgehead atoms. The SMILES string of the molecule is COC(=O)CCCCCCc1cccc(C=Cc2cc(OC3CCCCO3)cc(OC3CCCCO3)c2)c1. The van der Waals surface area contributed by atoms with Crippen LogP contribution in [-0.2, 0) is 25.4 Å². The molecular formula is C32H42O6. The second kappa shape index (κ2) is 15.6. The molecule has 0 saturated carbocycles. The predicted molar refractivity (Wildman–Crippen MR) is 149 cm³/mol. The van der Waals surface area contributed by atoms with Gasteiger partial charge in [0, 0.05) is 25.3 Å². The lowest BCUT2D eigenvalue weighted by molar-refractivity contribution is -0.140. The van der Waals surface area contributed by atoms with Crippen molar-refractivity contribution in [2.75, 3.05) is 20.3 Å². The maximum Gasteiger partial charge on any atom is 0.305 e. The molecule has 6 heteroatoms. The van der Waals surface area contributed by atoms with E-state index < -0.39 is 0 Å². The van der Waals surface area contributed by atoms with Crippen LogP contribution in [0, 0.1) is 0 Å². The normalized spacial score (nSPS) is 19.8. The summed E-state index contributed by atoms with van der Waals surface area (Å²) in [6.45, 7) is 1.49. The van der Waals surface area contributed by atoms with Crippen LogP contribution in [0.1, 0.15) is 87.3 Å². The topological polar surface area (TPSA) is 63.2 Å². The van der Waals surface area contributed by atoms with Gasteiger partial charge in [0.15, 0.2) is 12.6 Å². The van der Waals surface area contributed by atoms with E-state index in [0.717, 1.165) is 106 Å². The van der Waals surface area contributed by atoms with Crippen LogP contribution in [-0.4, -0.2) is 38.9 Å². The van der Waals surface area contributed by atoms with Crippen molar-refractivity contribution in [1.29, 1.82) is 0 Å². The Labute approximate surface area is 227 Å². The summed E-state index contributed by atoms with van der Waals surface area (Å²) in [5.41, 5.74) is 3.50. The lowest BCUT2D eigenvalue weighted by Gasteiger charge is -2.25. The fourth-order valence-electron chi connectivity index (χ4n) is 4.84. The summed E-state index contributed by atoms with van der Waals surface area (Å²) in [5, 5.41) is 0. The molecule has 2 aromatic rings. The first-order valence-electron chi connectivity index (χ1n) is 14.2. The Kier molecular flexibility index (Phi) is 11.5. The van der Waals surface area contributed by atoms with Gasteiger partial charge in [-0.1, -0.05) is 49.3 Å². The molecule has 6 nitrogen and oxygen atoms in total. The van der Waals surface area contributed by atoms with Crippen LogP contribution >= 0.6 is 0 Å². The van der Waals surface area contributed by atoms with Gasteiger partial charge in [-0.05, 0) is 73.8 Å². The van der Waals surface area contributed by atoms with E-state index >= 15 is 0 Å². The number of aryl methyl sites for hydroxylation is 1. The van der Waals surface area contributed by atoms with Crippen molar-refractivity contribution in [3.63, 3.8) is 0 Å². The zero-order valence-electron chi connectivity index (χ0n) is 22.7. The molecule has 0 aliphatic carbocycles. The highest BCUT2D eigenvalue weighted by atomic mass is 16.7. The third-order valence-electron chi connectivity index (χ3n) is 6.96. The minimum atomic E-state index is -0.209. The molecule has 2 heterocycles. The van der Waals surface area contributed by atoms with E-state index in [4.69, 9.17) is 23.7 Å². The maximum atomic E-state index is 11.2. The van der Waals surface area contributed by atoms with Gasteiger partial charge in [-0.2, -0.15) is 0 Å². The molecule has 0 radical (unpaired) electrons. The van der Waals surface area contributed by atoms with E-state index in [9.17, 15) is 4.79 Å². The standard InChI is InChI=1S/C32H42O6/c1-34-30(33)14-5-3-2-4-11-25-12-10-13-26(21-25)17-18-27-22-28(37-31-15-6-8-19-35-31)24-29(23-27)38-32-16-7-9-20-36-32/h10,12-13,17-18,21-24,31-32H,2-9,11,14-16,19-20H2,1H3. The molecule has 2 aliphatic rings. The van der Waals surface area contributed by atoms with Gasteiger partial charge in [0.2, 0.25) is 0 Å². The minimum Gasteiger partial charge on any atom is -0.469 e. The van der Waals surface area contributed by atoms with Crippen molar-refractivity contribution in [3.05, 3.63) is 59.2 Å². The Bertz CT molecular complexity index is 982. The zero-order chi connectivity index (χ0) is 26.4. The number of hydrogen-bond acceptors (Lipinski definition) is 6. The Morgan fingerprint density at radius 1 is 0.816 bits per heavy atom. The molecule has 0 spiro atoms. The fraction of sp³-hybridized carbons (Fsp3) is 0.531. The number of benzene rings is 2. The number of hydrogen-bond donors (Lipinski definition) is 0. The van der Waals surface area contributed by atoms with Crippen LogP contribution in [0.4, 0.5) is 0 Å². The highest BCUT2D eigenvalue weighted by molar-refractivity contribution is 5.71. The molecular weight excluding hydrogens is 480 g/mol. The molecule has 2 saturated heterocycles. The number of esters is 1. The van der Waals surface area contributed by atoms with E-state index in [2.05, 4.69) is 36.4 Å². The molecule has 2 atom stereocenters. The van der Waals surface area contributed by atoms with E-state index in [1.165, 1.54) is 12.7 Å². The molecule has 4 rings (SSSR count). The number of unbranched alkanes of at least 4 members (excludes halogenated alkanes) is 3. The Morgan fingerprint density at radius 2 is 1.47 bits per heavy atom. The Balaban J connectivity index is 1.37. The second-order valence-corrected chi connectivity index (χ2v) is 10.1. The minimum absolute atomic E-state index is 0.120. The summed E-state index contributed by atoms with van der Waals surface area (Å²) >= 11 is 0. The molecule has 206 valence electrons. The average molecular weight is 523 g/mol. The van der Waals surface area contributed by atoms with Crippen molar-refractivity contribution >= 4 is 18.1 Å². The fourth-order valence-corrected chi connectivity index (χ4v) is 4.84. The van der Waals surface area contributed by atoms with Gasteiger partial charge < -0.3 is 23.7 Å². The monoisotopic (exact) mass is 522 g/mol. The van der Waals surface area contributed by atoms with Crippen LogP contribution in [0.2, 0.25) is 0 Å². The van der Waals surface area contributed by atoms with Crippen LogP contribution in [0.15, 0.2) is 42.5 Å². The van der Waals surface area contributed by atoms with Crippen molar-refractivity contribution in [1.82, 2.24) is 0 Å². The summed E-state index contributed by atoms with van der Waals surface area (Å²) < 4.78 is 28.7. The largest absolute Gasteiger partial charge is 0.469 e. The van der Waals surface area contributed by atoms with Crippen molar-refractivity contribution in [2.24, 2.45) is 0 Å². The van der Waals surface area contributed by atoms with Crippen molar-refractivity contribution in [2.45, 2.75) is 89.6 Å². The zero-order valence-corrected chi connectivity index (χ0v) is 22.7. The molecule has 2 fully saturated rings. The van der Waals surface area contributed by atoms with Gasteiger partial charge >= 0.3 is 5.97 Å². The predicted octanol–water partition coefficient (Wildman–Crippen LogP) is 7.33. The molecule has 38 heavy (non-hydrogen) atoms. The number of carbonyl (C=O) groups excluding carboxylic acids is 1. The Hall–Kier alpha value is -2.83. The van der Waals surface area contributed by atoms with E-state index in [-0.39, 0.29) is 18.5 Å². The van der Waals surface area contributed by atoms with Crippen LogP contribution in [0.25, 0.3) is 12.2 Å². The first kappa shape index (κ1) is 28.2. The van der Waals surface area contributed by atoms with Gasteiger partial charge in [-0.3, -0.25) is 4.79 Å². The quantitative estimate of drug-likeness (QED) is 0.156. The highest BCUT2D eigenvalue weighted by Gasteiger charge is 2.18. The smallest absolute Gasteiger partial charge is 0.305 e. The molecule has 0 amide bonds. The van der Waals surface area contributed by atoms with E-state index in [1.54, 1.807) is 0 Å². The molecule has 2 unspecified atom stereocenters. The first-order chi connectivity index (χ1) is 18.7. The van der Waals surface area contributed by atoms with Crippen molar-refractivity contribution < 1.29 is 28.5 Å². The third kappa shape index (κ3) is 9.80. The molecule has 0 N–H and O–H groups in total. The number of carbonyl (C=O) groups is 1. The second-order valence-electron chi connectivity index (χ2n) is 10.1. The Morgan fingerprint density at radius 3 is 2.11 bits per heavy atom. The number of rotatable bonds is 13. The third-order valence-corrected chi connectivity index (χ3v) is 6.96. The molecule has 2 aromatic carbocycles. The first-order valence-corrected chi connectivity index (χ1v) is 14.2. The average Bonchev–Trinajstić information content (AvgIpc) is 2.95. The van der Waals surface area contributed by atoms with Gasteiger partial charge in [0.05, 0.1) is 20.3 Å². The summed E-state index contributed by atoms with van der Waals surface area (Å²) in [6, 6.07) is 14.7. The van der Waals surface area contributed by atoms with E-state index in [0.29, 0.717) is 6.42 Å². The van der Waals surface area contributed by atoms with Crippen molar-refractivity contribution in [3.8, 4) is 11.5 Å². The lowest BCUT2D eigenvalue weighted by Crippen LogP contribution is -2.26.